The van der Waals surface area contributed by atoms with Gasteiger partial charge in [0.15, 0.2) is 5.75 Å². The standard InChI is InChI=1S/C8H9F2NO2/c1-2-11-5-3-4-6(7(11)12)13-8(9)10/h3-5,8H,2H2,1H3. The first-order valence-electron chi connectivity index (χ1n) is 3.79. The van der Waals surface area contributed by atoms with E-state index in [4.69, 9.17) is 0 Å². The summed E-state index contributed by atoms with van der Waals surface area (Å²) in [5, 5.41) is 0. The van der Waals surface area contributed by atoms with Gasteiger partial charge in [-0.1, -0.05) is 0 Å². The van der Waals surface area contributed by atoms with Gasteiger partial charge in [-0.25, -0.2) is 0 Å². The quantitative estimate of drug-likeness (QED) is 0.720. The van der Waals surface area contributed by atoms with Crippen molar-refractivity contribution in [2.75, 3.05) is 0 Å². The summed E-state index contributed by atoms with van der Waals surface area (Å²) in [4.78, 5) is 11.2. The van der Waals surface area contributed by atoms with E-state index in [9.17, 15) is 13.6 Å². The number of alkyl halides is 2. The molecule has 0 aliphatic heterocycles. The highest BCUT2D eigenvalue weighted by atomic mass is 19.3. The van der Waals surface area contributed by atoms with Crippen LogP contribution in [-0.4, -0.2) is 11.2 Å². The number of aryl methyl sites for hydroxylation is 1. The summed E-state index contributed by atoms with van der Waals surface area (Å²) < 4.78 is 28.8. The fourth-order valence-electron chi connectivity index (χ4n) is 0.950. The lowest BCUT2D eigenvalue weighted by atomic mass is 10.4. The zero-order valence-corrected chi connectivity index (χ0v) is 7.04. The SMILES string of the molecule is CCn1cccc(OC(F)F)c1=O. The third-order valence-electron chi connectivity index (χ3n) is 1.54. The maximum Gasteiger partial charge on any atom is 0.387 e. The van der Waals surface area contributed by atoms with Gasteiger partial charge in [0.2, 0.25) is 0 Å². The number of ether oxygens (including phenoxy) is 1. The van der Waals surface area contributed by atoms with Crippen molar-refractivity contribution in [1.82, 2.24) is 4.57 Å². The van der Waals surface area contributed by atoms with Crippen LogP contribution in [0, 0.1) is 0 Å². The second-order valence-electron chi connectivity index (χ2n) is 2.34. The number of hydrogen-bond acceptors (Lipinski definition) is 2. The van der Waals surface area contributed by atoms with Crippen LogP contribution in [0.3, 0.4) is 0 Å². The van der Waals surface area contributed by atoms with E-state index in [0.717, 1.165) is 0 Å². The lowest BCUT2D eigenvalue weighted by Crippen LogP contribution is -2.21. The molecule has 1 aromatic rings. The number of aromatic nitrogens is 1. The monoisotopic (exact) mass is 189 g/mol. The van der Waals surface area contributed by atoms with E-state index in [1.54, 1.807) is 6.92 Å². The molecule has 72 valence electrons. The Labute approximate surface area is 73.6 Å². The Morgan fingerprint density at radius 2 is 2.31 bits per heavy atom. The van der Waals surface area contributed by atoms with Gasteiger partial charge in [0, 0.05) is 12.7 Å². The van der Waals surface area contributed by atoms with Gasteiger partial charge in [0.1, 0.15) is 0 Å². The van der Waals surface area contributed by atoms with Gasteiger partial charge in [0.25, 0.3) is 5.56 Å². The summed E-state index contributed by atoms with van der Waals surface area (Å²) in [7, 11) is 0. The minimum absolute atomic E-state index is 0.320. The van der Waals surface area contributed by atoms with E-state index in [0.29, 0.717) is 6.54 Å². The molecule has 0 amide bonds. The molecule has 1 rings (SSSR count). The number of rotatable bonds is 3. The topological polar surface area (TPSA) is 31.2 Å². The molecular weight excluding hydrogens is 180 g/mol. The second-order valence-corrected chi connectivity index (χ2v) is 2.34. The molecule has 5 heteroatoms. The first-order chi connectivity index (χ1) is 6.15. The number of halogens is 2. The first-order valence-corrected chi connectivity index (χ1v) is 3.79. The molecular formula is C8H9F2NO2. The van der Waals surface area contributed by atoms with E-state index >= 15 is 0 Å². The Bertz CT molecular complexity index is 335. The zero-order chi connectivity index (χ0) is 9.84. The zero-order valence-electron chi connectivity index (χ0n) is 7.04. The number of pyridine rings is 1. The smallest absolute Gasteiger partial charge is 0.387 e. The van der Waals surface area contributed by atoms with Crippen molar-refractivity contribution in [3.63, 3.8) is 0 Å². The minimum atomic E-state index is -2.96. The Morgan fingerprint density at radius 3 is 2.85 bits per heavy atom. The summed E-state index contributed by atoms with van der Waals surface area (Å²) in [5.74, 6) is -0.320. The Balaban J connectivity index is 3.02. The van der Waals surface area contributed by atoms with Crippen molar-refractivity contribution < 1.29 is 13.5 Å². The third kappa shape index (κ3) is 2.27. The van der Waals surface area contributed by atoms with E-state index in [1.165, 1.54) is 22.9 Å². The predicted octanol–water partition coefficient (Wildman–Crippen LogP) is 1.47. The lowest BCUT2D eigenvalue weighted by Gasteiger charge is -2.05. The highest BCUT2D eigenvalue weighted by Crippen LogP contribution is 2.06. The number of nitrogens with zero attached hydrogens (tertiary/aromatic N) is 1. The Hall–Kier alpha value is -1.39. The van der Waals surface area contributed by atoms with Crippen LogP contribution in [0.15, 0.2) is 23.1 Å². The average molecular weight is 189 g/mol. The van der Waals surface area contributed by atoms with Crippen molar-refractivity contribution in [1.29, 1.82) is 0 Å². The summed E-state index contributed by atoms with van der Waals surface area (Å²) in [6.45, 7) is -0.785. The van der Waals surface area contributed by atoms with Crippen LogP contribution in [0.25, 0.3) is 0 Å². The molecule has 0 atom stereocenters. The average Bonchev–Trinajstić information content (AvgIpc) is 2.08. The minimum Gasteiger partial charge on any atom is -0.429 e. The molecule has 1 aromatic heterocycles. The van der Waals surface area contributed by atoms with E-state index in [2.05, 4.69) is 4.74 Å². The van der Waals surface area contributed by atoms with E-state index < -0.39 is 12.2 Å². The van der Waals surface area contributed by atoms with Crippen LogP contribution in [0.5, 0.6) is 5.75 Å². The molecule has 0 unspecified atom stereocenters. The molecule has 0 radical (unpaired) electrons. The van der Waals surface area contributed by atoms with Crippen molar-refractivity contribution in [2.45, 2.75) is 20.1 Å². The van der Waals surface area contributed by atoms with Gasteiger partial charge in [0.05, 0.1) is 0 Å². The fraction of sp³-hybridized carbons (Fsp3) is 0.375. The van der Waals surface area contributed by atoms with Crippen LogP contribution < -0.4 is 10.3 Å². The summed E-state index contributed by atoms with van der Waals surface area (Å²) >= 11 is 0. The highest BCUT2D eigenvalue weighted by molar-refractivity contribution is 5.17. The molecule has 0 fully saturated rings. The van der Waals surface area contributed by atoms with Crippen LogP contribution in [-0.2, 0) is 6.54 Å². The molecule has 0 saturated carbocycles. The molecule has 3 nitrogen and oxygen atoms in total. The van der Waals surface area contributed by atoms with Crippen molar-refractivity contribution >= 4 is 0 Å². The van der Waals surface area contributed by atoms with Crippen molar-refractivity contribution in [3.05, 3.63) is 28.7 Å². The van der Waals surface area contributed by atoms with Gasteiger partial charge in [-0.05, 0) is 19.1 Å². The molecule has 0 aromatic carbocycles. The normalized spacial score (nSPS) is 10.5. The van der Waals surface area contributed by atoms with Crippen LogP contribution in [0.1, 0.15) is 6.92 Å². The maximum absolute atomic E-state index is 11.8. The first kappa shape index (κ1) is 9.70. The molecule has 0 spiro atoms. The third-order valence-corrected chi connectivity index (χ3v) is 1.54. The van der Waals surface area contributed by atoms with Gasteiger partial charge >= 0.3 is 6.61 Å². The highest BCUT2D eigenvalue weighted by Gasteiger charge is 2.08. The van der Waals surface area contributed by atoms with Gasteiger partial charge in [-0.15, -0.1) is 0 Å². The van der Waals surface area contributed by atoms with Crippen LogP contribution >= 0.6 is 0 Å². The second kappa shape index (κ2) is 4.02. The van der Waals surface area contributed by atoms with Crippen molar-refractivity contribution in [2.24, 2.45) is 0 Å². The fourth-order valence-corrected chi connectivity index (χ4v) is 0.950. The number of hydrogen-bond donors (Lipinski definition) is 0. The molecule has 0 bridgehead atoms. The van der Waals surface area contributed by atoms with Gasteiger partial charge < -0.3 is 9.30 Å². The summed E-state index contributed by atoms with van der Waals surface area (Å²) in [5.41, 5.74) is -0.537. The molecule has 0 aliphatic carbocycles. The molecule has 13 heavy (non-hydrogen) atoms. The Kier molecular flexibility index (Phi) is 3.00. The molecule has 0 saturated heterocycles. The lowest BCUT2D eigenvalue weighted by molar-refractivity contribution is -0.0510. The van der Waals surface area contributed by atoms with Crippen LogP contribution in [0.4, 0.5) is 8.78 Å². The molecule has 0 aliphatic rings. The Morgan fingerprint density at radius 1 is 1.62 bits per heavy atom. The predicted molar refractivity (Wildman–Crippen MR) is 43.0 cm³/mol. The van der Waals surface area contributed by atoms with Gasteiger partial charge in [-0.3, -0.25) is 4.79 Å². The maximum atomic E-state index is 11.8. The largest absolute Gasteiger partial charge is 0.429 e. The van der Waals surface area contributed by atoms with E-state index in [-0.39, 0.29) is 5.75 Å². The van der Waals surface area contributed by atoms with Gasteiger partial charge in [-0.2, -0.15) is 8.78 Å². The molecule has 0 N–H and O–H groups in total. The van der Waals surface area contributed by atoms with Crippen molar-refractivity contribution in [3.8, 4) is 5.75 Å². The van der Waals surface area contributed by atoms with Crippen LogP contribution in [0.2, 0.25) is 0 Å². The molecule has 1 heterocycles. The summed E-state index contributed by atoms with van der Waals surface area (Å²) in [6.07, 6.45) is 1.51. The van der Waals surface area contributed by atoms with E-state index in [1.807, 2.05) is 0 Å². The summed E-state index contributed by atoms with van der Waals surface area (Å²) in [6, 6.07) is 2.71.